The monoisotopic (exact) mass is 294 g/mol. The predicted octanol–water partition coefficient (Wildman–Crippen LogP) is 4.17. The average Bonchev–Trinajstić information content (AvgIpc) is 3.36. The van der Waals surface area contributed by atoms with Crippen molar-refractivity contribution in [3.63, 3.8) is 0 Å². The molecule has 1 aromatic heterocycles. The summed E-state index contributed by atoms with van der Waals surface area (Å²) in [6.07, 6.45) is 8.07. The molecule has 3 rings (SSSR count). The fourth-order valence-electron chi connectivity index (χ4n) is 2.82. The van der Waals surface area contributed by atoms with E-state index in [4.69, 9.17) is 0 Å². The Balaban J connectivity index is 1.54. The maximum atomic E-state index is 12.3. The van der Waals surface area contributed by atoms with E-state index < -0.39 is 0 Å². The van der Waals surface area contributed by atoms with Gasteiger partial charge in [0.2, 0.25) is 5.91 Å². The van der Waals surface area contributed by atoms with E-state index in [9.17, 15) is 4.79 Å². The Morgan fingerprint density at radius 2 is 2.09 bits per heavy atom. The molecule has 0 aliphatic heterocycles. The number of nitrogens with zero attached hydrogens (tertiary/aromatic N) is 1. The first-order valence-corrected chi connectivity index (χ1v) is 8.07. The number of benzene rings is 1. The zero-order valence-corrected chi connectivity index (χ0v) is 13.0. The molecule has 3 nitrogen and oxygen atoms in total. The zero-order valence-electron chi connectivity index (χ0n) is 13.0. The summed E-state index contributed by atoms with van der Waals surface area (Å²) in [6, 6.07) is 12.2. The van der Waals surface area contributed by atoms with Crippen LogP contribution in [0.15, 0.2) is 48.8 Å². The lowest BCUT2D eigenvalue weighted by Crippen LogP contribution is -2.14. The number of carbonyl (C=O) groups excluding carboxylic acids is 1. The molecule has 1 aromatic carbocycles. The van der Waals surface area contributed by atoms with Crippen molar-refractivity contribution >= 4 is 11.6 Å². The van der Waals surface area contributed by atoms with Gasteiger partial charge in [0.05, 0.1) is 0 Å². The fourth-order valence-corrected chi connectivity index (χ4v) is 2.82. The molecular weight excluding hydrogens is 272 g/mol. The van der Waals surface area contributed by atoms with Crippen molar-refractivity contribution in [1.29, 1.82) is 0 Å². The van der Waals surface area contributed by atoms with Gasteiger partial charge >= 0.3 is 0 Å². The second-order valence-electron chi connectivity index (χ2n) is 6.02. The fraction of sp³-hybridized carbons (Fsp3) is 0.368. The molecule has 1 saturated carbocycles. The van der Waals surface area contributed by atoms with Crippen molar-refractivity contribution in [2.45, 2.75) is 38.5 Å². The Kier molecular flexibility index (Phi) is 4.52. The number of carbonyl (C=O) groups is 1. The number of aryl methyl sites for hydroxylation is 1. The third-order valence-electron chi connectivity index (χ3n) is 4.28. The second-order valence-corrected chi connectivity index (χ2v) is 6.02. The first-order chi connectivity index (χ1) is 10.8. The lowest BCUT2D eigenvalue weighted by molar-refractivity contribution is -0.117. The van der Waals surface area contributed by atoms with Crippen LogP contribution in [0.2, 0.25) is 0 Å². The second kappa shape index (κ2) is 6.73. The number of rotatable bonds is 6. The van der Waals surface area contributed by atoms with Crippen LogP contribution < -0.4 is 5.32 Å². The van der Waals surface area contributed by atoms with Crippen LogP contribution in [0.5, 0.6) is 0 Å². The van der Waals surface area contributed by atoms with Crippen LogP contribution in [0.25, 0.3) is 0 Å². The number of unbranched alkanes of at least 4 members (excludes halogenated alkanes) is 1. The molecular formula is C19H22N2O. The van der Waals surface area contributed by atoms with Gasteiger partial charge in [0.25, 0.3) is 0 Å². The summed E-state index contributed by atoms with van der Waals surface area (Å²) in [7, 11) is 0. The molecule has 0 saturated heterocycles. The average molecular weight is 294 g/mol. The molecule has 0 spiro atoms. The highest BCUT2D eigenvalue weighted by molar-refractivity contribution is 5.95. The van der Waals surface area contributed by atoms with E-state index in [2.05, 4.69) is 29.4 Å². The lowest BCUT2D eigenvalue weighted by Gasteiger charge is -2.06. The molecule has 1 aliphatic rings. The van der Waals surface area contributed by atoms with Crippen molar-refractivity contribution in [2.24, 2.45) is 5.92 Å². The molecule has 1 amide bonds. The van der Waals surface area contributed by atoms with Gasteiger partial charge in [0.15, 0.2) is 0 Å². The van der Waals surface area contributed by atoms with Gasteiger partial charge in [-0.2, -0.15) is 0 Å². The Labute approximate surface area is 131 Å². The summed E-state index contributed by atoms with van der Waals surface area (Å²) in [5.74, 6) is 0.539. The van der Waals surface area contributed by atoms with E-state index >= 15 is 0 Å². The van der Waals surface area contributed by atoms with Crippen molar-refractivity contribution in [1.82, 2.24) is 4.98 Å². The number of nitrogens with one attached hydrogen (secondary N) is 1. The molecule has 0 radical (unpaired) electrons. The number of anilines is 1. The first-order valence-electron chi connectivity index (χ1n) is 8.07. The van der Waals surface area contributed by atoms with E-state index in [1.807, 2.05) is 30.5 Å². The summed E-state index contributed by atoms with van der Waals surface area (Å²) in [6.45, 7) is 2.20. The molecule has 0 bridgehead atoms. The quantitative estimate of drug-likeness (QED) is 0.869. The van der Waals surface area contributed by atoms with Crippen LogP contribution in [0.1, 0.15) is 43.2 Å². The summed E-state index contributed by atoms with van der Waals surface area (Å²) < 4.78 is 0. The van der Waals surface area contributed by atoms with Gasteiger partial charge in [0.1, 0.15) is 0 Å². The summed E-state index contributed by atoms with van der Waals surface area (Å²) in [5, 5.41) is 3.03. The van der Waals surface area contributed by atoms with Gasteiger partial charge in [-0.25, -0.2) is 0 Å². The Morgan fingerprint density at radius 3 is 2.77 bits per heavy atom. The molecule has 114 valence electrons. The van der Waals surface area contributed by atoms with E-state index in [0.29, 0.717) is 5.92 Å². The number of pyridine rings is 1. The standard InChI is InChI=1S/C19H22N2O/c1-2-3-5-14-7-9-16(10-8-14)21-19(22)18-12-17(18)15-6-4-11-20-13-15/h4,6-11,13,17-18H,2-3,5,12H2,1H3,(H,21,22)/t17-,18+/m1/s1. The molecule has 2 aromatic rings. The van der Waals surface area contributed by atoms with E-state index in [1.54, 1.807) is 6.20 Å². The third-order valence-corrected chi connectivity index (χ3v) is 4.28. The van der Waals surface area contributed by atoms with Crippen LogP contribution in [0.4, 0.5) is 5.69 Å². The minimum absolute atomic E-state index is 0.0870. The topological polar surface area (TPSA) is 42.0 Å². The van der Waals surface area contributed by atoms with Crippen molar-refractivity contribution in [3.8, 4) is 0 Å². The lowest BCUT2D eigenvalue weighted by atomic mass is 10.1. The van der Waals surface area contributed by atoms with Gasteiger partial charge in [-0.05, 0) is 54.5 Å². The SMILES string of the molecule is CCCCc1ccc(NC(=O)[C@H]2C[C@@H]2c2cccnc2)cc1. The smallest absolute Gasteiger partial charge is 0.228 e. The van der Waals surface area contributed by atoms with E-state index in [1.165, 1.54) is 18.4 Å². The molecule has 0 unspecified atom stereocenters. The van der Waals surface area contributed by atoms with E-state index in [0.717, 1.165) is 24.1 Å². The minimum atomic E-state index is 0.0870. The molecule has 1 fully saturated rings. The van der Waals surface area contributed by atoms with Gasteiger partial charge in [-0.15, -0.1) is 0 Å². The number of hydrogen-bond acceptors (Lipinski definition) is 2. The van der Waals surface area contributed by atoms with Gasteiger partial charge in [-0.1, -0.05) is 31.5 Å². The summed E-state index contributed by atoms with van der Waals surface area (Å²) >= 11 is 0. The van der Waals surface area contributed by atoms with Crippen LogP contribution in [0.3, 0.4) is 0 Å². The maximum Gasteiger partial charge on any atom is 0.228 e. The van der Waals surface area contributed by atoms with Crippen LogP contribution in [-0.2, 0) is 11.2 Å². The third kappa shape index (κ3) is 3.53. The Morgan fingerprint density at radius 1 is 1.27 bits per heavy atom. The Hall–Kier alpha value is -2.16. The molecule has 1 N–H and O–H groups in total. The summed E-state index contributed by atoms with van der Waals surface area (Å²) in [5.41, 5.74) is 3.39. The number of amides is 1. The highest BCUT2D eigenvalue weighted by Gasteiger charge is 2.44. The van der Waals surface area contributed by atoms with Crippen molar-refractivity contribution in [3.05, 3.63) is 59.9 Å². The maximum absolute atomic E-state index is 12.3. The highest BCUT2D eigenvalue weighted by Crippen LogP contribution is 2.47. The van der Waals surface area contributed by atoms with Gasteiger partial charge < -0.3 is 5.32 Å². The molecule has 22 heavy (non-hydrogen) atoms. The van der Waals surface area contributed by atoms with Crippen molar-refractivity contribution < 1.29 is 4.79 Å². The minimum Gasteiger partial charge on any atom is -0.326 e. The van der Waals surface area contributed by atoms with Crippen LogP contribution in [0, 0.1) is 5.92 Å². The number of hydrogen-bond donors (Lipinski definition) is 1. The number of aromatic nitrogens is 1. The normalized spacial score (nSPS) is 19.7. The molecule has 1 aliphatic carbocycles. The van der Waals surface area contributed by atoms with Crippen LogP contribution >= 0.6 is 0 Å². The van der Waals surface area contributed by atoms with E-state index in [-0.39, 0.29) is 11.8 Å². The predicted molar refractivity (Wildman–Crippen MR) is 88.8 cm³/mol. The molecule has 1 heterocycles. The highest BCUT2D eigenvalue weighted by atomic mass is 16.2. The molecule has 3 heteroatoms. The molecule has 2 atom stereocenters. The van der Waals surface area contributed by atoms with Gasteiger partial charge in [0, 0.05) is 24.0 Å². The summed E-state index contributed by atoms with van der Waals surface area (Å²) in [4.78, 5) is 16.4. The van der Waals surface area contributed by atoms with Crippen molar-refractivity contribution in [2.75, 3.05) is 5.32 Å². The zero-order chi connectivity index (χ0) is 15.4. The largest absolute Gasteiger partial charge is 0.326 e. The van der Waals surface area contributed by atoms with Gasteiger partial charge in [-0.3, -0.25) is 9.78 Å². The Bertz CT molecular complexity index is 622. The first kappa shape index (κ1) is 14.8. The van der Waals surface area contributed by atoms with Crippen LogP contribution in [-0.4, -0.2) is 10.9 Å².